The van der Waals surface area contributed by atoms with Crippen molar-refractivity contribution in [1.29, 1.82) is 0 Å². The molecule has 30 heavy (non-hydrogen) atoms. The zero-order valence-corrected chi connectivity index (χ0v) is 19.6. The molecule has 0 aromatic carbocycles. The monoisotopic (exact) mass is 422 g/mol. The number of aliphatic hydroxyl groups excluding tert-OH is 1. The number of carbonyl (C=O) groups excluding carboxylic acids is 1. The van der Waals surface area contributed by atoms with Crippen LogP contribution in [0, 0.1) is 5.92 Å². The van der Waals surface area contributed by atoms with E-state index in [0.717, 1.165) is 51.6 Å². The molecule has 3 fully saturated rings. The van der Waals surface area contributed by atoms with E-state index in [-0.39, 0.29) is 18.1 Å². The minimum Gasteiger partial charge on any atom is -0.395 e. The topological polar surface area (TPSA) is 76.6 Å². The Morgan fingerprint density at radius 3 is 2.23 bits per heavy atom. The Morgan fingerprint density at radius 1 is 0.933 bits per heavy atom. The summed E-state index contributed by atoms with van der Waals surface area (Å²) in [7, 11) is 0. The summed E-state index contributed by atoms with van der Waals surface area (Å²) in [6.45, 7) is 9.90. The predicted octanol–water partition coefficient (Wildman–Crippen LogP) is 2.41. The van der Waals surface area contributed by atoms with E-state index in [1.54, 1.807) is 0 Å². The Balaban J connectivity index is 1.36. The van der Waals surface area contributed by atoms with E-state index in [2.05, 4.69) is 41.6 Å². The third-order valence-corrected chi connectivity index (χ3v) is 7.32. The number of amides is 1. The molecule has 2 saturated carbocycles. The normalized spacial score (nSPS) is 32.1. The molecule has 2 atom stereocenters. The van der Waals surface area contributed by atoms with Crippen molar-refractivity contribution in [1.82, 2.24) is 20.9 Å². The Kier molecular flexibility index (Phi) is 8.99. The average molecular weight is 423 g/mol. The number of nitrogens with zero attached hydrogens (tertiary/aromatic N) is 1. The van der Waals surface area contributed by atoms with Gasteiger partial charge >= 0.3 is 0 Å². The molecule has 1 heterocycles. The van der Waals surface area contributed by atoms with Crippen molar-refractivity contribution < 1.29 is 9.90 Å². The Bertz CT molecular complexity index is 520. The number of hydrogen-bond acceptors (Lipinski definition) is 5. The molecule has 6 nitrogen and oxygen atoms in total. The lowest BCUT2D eigenvalue weighted by atomic mass is 9.83. The highest BCUT2D eigenvalue weighted by molar-refractivity contribution is 5.79. The van der Waals surface area contributed by atoms with Crippen LogP contribution in [-0.4, -0.2) is 71.9 Å². The van der Waals surface area contributed by atoms with Crippen molar-refractivity contribution in [3.05, 3.63) is 0 Å². The first-order valence-electron chi connectivity index (χ1n) is 12.5. The summed E-state index contributed by atoms with van der Waals surface area (Å²) in [5.74, 6) is 0.516. The highest BCUT2D eigenvalue weighted by atomic mass is 16.3. The van der Waals surface area contributed by atoms with E-state index >= 15 is 0 Å². The molecule has 0 aromatic rings. The number of carbonyl (C=O) groups is 1. The van der Waals surface area contributed by atoms with E-state index in [0.29, 0.717) is 36.6 Å². The van der Waals surface area contributed by atoms with Crippen molar-refractivity contribution in [3.8, 4) is 0 Å². The molecule has 1 aliphatic heterocycles. The van der Waals surface area contributed by atoms with Gasteiger partial charge in [-0.05, 0) is 98.1 Å². The van der Waals surface area contributed by atoms with Gasteiger partial charge in [-0.3, -0.25) is 4.79 Å². The van der Waals surface area contributed by atoms with Gasteiger partial charge in [-0.2, -0.15) is 0 Å². The maximum Gasteiger partial charge on any atom is 0.223 e. The summed E-state index contributed by atoms with van der Waals surface area (Å²) in [4.78, 5) is 15.6. The van der Waals surface area contributed by atoms with Gasteiger partial charge in [0.25, 0.3) is 0 Å². The third-order valence-electron chi connectivity index (χ3n) is 7.32. The number of aliphatic hydroxyl groups is 1. The van der Waals surface area contributed by atoms with Gasteiger partial charge in [0.1, 0.15) is 0 Å². The van der Waals surface area contributed by atoms with E-state index < -0.39 is 0 Å². The number of likely N-dealkylation sites (tertiary alicyclic amines) is 1. The Morgan fingerprint density at radius 2 is 1.60 bits per heavy atom. The molecule has 3 rings (SSSR count). The molecule has 0 bridgehead atoms. The SMILES string of the molecule is CC(C)(C)NC1CCCC(NC(=O)C2CCC(N3CCC(NCCO)CC3)CC2)C1. The zero-order chi connectivity index (χ0) is 21.6. The number of nitrogens with one attached hydrogen (secondary N) is 3. The molecule has 2 unspecified atom stereocenters. The molecular weight excluding hydrogens is 376 g/mol. The van der Waals surface area contributed by atoms with Crippen LogP contribution < -0.4 is 16.0 Å². The smallest absolute Gasteiger partial charge is 0.223 e. The van der Waals surface area contributed by atoms with Crippen molar-refractivity contribution >= 4 is 5.91 Å². The number of hydrogen-bond donors (Lipinski definition) is 4. The van der Waals surface area contributed by atoms with Crippen molar-refractivity contribution in [2.75, 3.05) is 26.2 Å². The third kappa shape index (κ3) is 7.47. The fourth-order valence-corrected chi connectivity index (χ4v) is 5.82. The molecule has 6 heteroatoms. The van der Waals surface area contributed by atoms with Crippen LogP contribution in [0.5, 0.6) is 0 Å². The molecule has 174 valence electrons. The lowest BCUT2D eigenvalue weighted by Crippen LogP contribution is -2.51. The number of rotatable bonds is 7. The van der Waals surface area contributed by atoms with Gasteiger partial charge in [-0.25, -0.2) is 0 Å². The van der Waals surface area contributed by atoms with Gasteiger partial charge in [-0.15, -0.1) is 0 Å². The van der Waals surface area contributed by atoms with Gasteiger partial charge in [0.15, 0.2) is 0 Å². The summed E-state index contributed by atoms with van der Waals surface area (Å²) >= 11 is 0. The second-order valence-corrected chi connectivity index (χ2v) is 11.0. The van der Waals surface area contributed by atoms with Crippen LogP contribution in [0.2, 0.25) is 0 Å². The summed E-state index contributed by atoms with van der Waals surface area (Å²) < 4.78 is 0. The van der Waals surface area contributed by atoms with Crippen LogP contribution in [0.1, 0.15) is 85.0 Å². The molecule has 0 spiro atoms. The molecule has 0 aromatic heterocycles. The molecule has 4 N–H and O–H groups in total. The van der Waals surface area contributed by atoms with E-state index in [9.17, 15) is 4.79 Å². The molecule has 0 radical (unpaired) electrons. The first kappa shape index (κ1) is 24.0. The van der Waals surface area contributed by atoms with Crippen LogP contribution in [0.3, 0.4) is 0 Å². The van der Waals surface area contributed by atoms with Gasteiger partial charge in [0, 0.05) is 42.2 Å². The second-order valence-electron chi connectivity index (χ2n) is 11.0. The second kappa shape index (κ2) is 11.3. The Hall–Kier alpha value is -0.690. The largest absolute Gasteiger partial charge is 0.395 e. The molecular formula is C24H46N4O2. The predicted molar refractivity (Wildman–Crippen MR) is 123 cm³/mol. The Labute approximate surface area is 183 Å². The van der Waals surface area contributed by atoms with Crippen molar-refractivity contribution in [2.45, 2.75) is 115 Å². The van der Waals surface area contributed by atoms with E-state index in [1.165, 1.54) is 25.7 Å². The number of piperidine rings is 1. The van der Waals surface area contributed by atoms with Crippen LogP contribution in [0.4, 0.5) is 0 Å². The summed E-state index contributed by atoms with van der Waals surface area (Å²) in [6, 6.07) is 2.08. The van der Waals surface area contributed by atoms with E-state index in [1.807, 2.05) is 0 Å². The summed E-state index contributed by atoms with van der Waals surface area (Å²) in [5, 5.41) is 19.5. The minimum absolute atomic E-state index is 0.137. The first-order chi connectivity index (χ1) is 14.3. The van der Waals surface area contributed by atoms with Crippen LogP contribution in [-0.2, 0) is 4.79 Å². The standard InChI is InChI=1S/C24H46N4O2/c1-24(2,3)27-21-6-4-5-20(17-21)26-23(30)18-7-9-22(10-8-18)28-14-11-19(12-15-28)25-13-16-29/h18-22,25,27,29H,4-17H2,1-3H3,(H,26,30). The fourth-order valence-electron chi connectivity index (χ4n) is 5.82. The van der Waals surface area contributed by atoms with Gasteiger partial charge in [0.2, 0.25) is 5.91 Å². The highest BCUT2D eigenvalue weighted by Gasteiger charge is 2.33. The average Bonchev–Trinajstić information content (AvgIpc) is 2.72. The highest BCUT2D eigenvalue weighted by Crippen LogP contribution is 2.30. The molecule has 1 amide bonds. The minimum atomic E-state index is 0.137. The zero-order valence-electron chi connectivity index (χ0n) is 19.6. The molecule has 3 aliphatic rings. The lowest BCUT2D eigenvalue weighted by molar-refractivity contribution is -0.127. The maximum absolute atomic E-state index is 12.9. The van der Waals surface area contributed by atoms with Gasteiger partial charge < -0.3 is 26.0 Å². The van der Waals surface area contributed by atoms with E-state index in [4.69, 9.17) is 5.11 Å². The van der Waals surface area contributed by atoms with Crippen molar-refractivity contribution in [3.63, 3.8) is 0 Å². The van der Waals surface area contributed by atoms with Crippen molar-refractivity contribution in [2.24, 2.45) is 5.92 Å². The lowest BCUT2D eigenvalue weighted by Gasteiger charge is -2.41. The summed E-state index contributed by atoms with van der Waals surface area (Å²) in [5.41, 5.74) is 0.137. The van der Waals surface area contributed by atoms with Gasteiger partial charge in [0.05, 0.1) is 6.61 Å². The van der Waals surface area contributed by atoms with Crippen LogP contribution in [0.15, 0.2) is 0 Å². The summed E-state index contributed by atoms with van der Waals surface area (Å²) in [6.07, 6.45) is 11.4. The van der Waals surface area contributed by atoms with Gasteiger partial charge in [-0.1, -0.05) is 0 Å². The van der Waals surface area contributed by atoms with Crippen LogP contribution >= 0.6 is 0 Å². The maximum atomic E-state index is 12.9. The first-order valence-corrected chi connectivity index (χ1v) is 12.5. The van der Waals surface area contributed by atoms with Crippen LogP contribution in [0.25, 0.3) is 0 Å². The fraction of sp³-hybridized carbons (Fsp3) is 0.958. The molecule has 1 saturated heterocycles. The quantitative estimate of drug-likeness (QED) is 0.507. The molecule has 2 aliphatic carbocycles.